The van der Waals surface area contributed by atoms with Crippen LogP contribution in [0.1, 0.15) is 39.2 Å². The summed E-state index contributed by atoms with van der Waals surface area (Å²) in [7, 11) is -1.75. The minimum Gasteiger partial charge on any atom is -0.447 e. The van der Waals surface area contributed by atoms with Gasteiger partial charge in [0.05, 0.1) is 12.0 Å². The van der Waals surface area contributed by atoms with Crippen LogP contribution in [0.25, 0.3) is 0 Å². The fourth-order valence-corrected chi connectivity index (χ4v) is 3.47. The SMILES string of the molecule is CC(C)(C)C=C(C#N)C(=O)N1CCCC1COC(=O)N[C@@H](Cc1ccccc1)B(O)O. The van der Waals surface area contributed by atoms with Crippen molar-refractivity contribution in [3.05, 3.63) is 47.5 Å². The van der Waals surface area contributed by atoms with Gasteiger partial charge in [0, 0.05) is 6.54 Å². The topological polar surface area (TPSA) is 123 Å². The quantitative estimate of drug-likeness (QED) is 0.347. The third kappa shape index (κ3) is 7.74. The first kappa shape index (κ1) is 24.4. The molecule has 1 heterocycles. The fourth-order valence-electron chi connectivity index (χ4n) is 3.47. The number of amides is 2. The van der Waals surface area contributed by atoms with Crippen LogP contribution in [0.5, 0.6) is 0 Å². The van der Waals surface area contributed by atoms with Crippen LogP contribution in [-0.4, -0.2) is 59.2 Å². The summed E-state index contributed by atoms with van der Waals surface area (Å²) in [5, 5.41) is 31.0. The molecule has 1 saturated heterocycles. The summed E-state index contributed by atoms with van der Waals surface area (Å²) in [4.78, 5) is 26.6. The van der Waals surface area contributed by atoms with Gasteiger partial charge in [-0.2, -0.15) is 5.26 Å². The summed E-state index contributed by atoms with van der Waals surface area (Å²) in [6.07, 6.45) is 2.49. The van der Waals surface area contributed by atoms with Gasteiger partial charge in [-0.3, -0.25) is 4.79 Å². The molecule has 31 heavy (non-hydrogen) atoms. The third-order valence-electron chi connectivity index (χ3n) is 4.93. The molecule has 0 spiro atoms. The van der Waals surface area contributed by atoms with Gasteiger partial charge in [-0.15, -0.1) is 0 Å². The number of ether oxygens (including phenoxy) is 1. The standard InChI is InChI=1S/C22H30BN3O5/c1-22(2,3)13-17(14-24)20(27)26-11-7-10-18(26)15-31-21(28)25-19(23(29)30)12-16-8-5-4-6-9-16/h4-6,8-9,13,18-19,29-30H,7,10-12,15H2,1-3H3,(H,25,28)/t18?,19-/m0/s1. The van der Waals surface area contributed by atoms with Crippen molar-refractivity contribution in [2.45, 2.75) is 52.0 Å². The minimum atomic E-state index is -1.75. The van der Waals surface area contributed by atoms with Crippen molar-refractivity contribution in [1.29, 1.82) is 5.26 Å². The molecule has 1 fully saturated rings. The van der Waals surface area contributed by atoms with Crippen LogP contribution in [0, 0.1) is 16.7 Å². The predicted octanol–water partition coefficient (Wildman–Crippen LogP) is 1.82. The molecule has 8 nitrogen and oxygen atoms in total. The third-order valence-corrected chi connectivity index (χ3v) is 4.93. The Hall–Kier alpha value is -2.83. The van der Waals surface area contributed by atoms with Crippen LogP contribution in [0.4, 0.5) is 4.79 Å². The molecule has 1 aromatic carbocycles. The Kier molecular flexibility index (Phi) is 8.66. The molecule has 0 aromatic heterocycles. The lowest BCUT2D eigenvalue weighted by Gasteiger charge is -2.25. The molecule has 2 amide bonds. The number of hydrogen-bond donors (Lipinski definition) is 3. The van der Waals surface area contributed by atoms with E-state index in [4.69, 9.17) is 4.74 Å². The van der Waals surface area contributed by atoms with Gasteiger partial charge >= 0.3 is 13.2 Å². The Morgan fingerprint density at radius 1 is 1.35 bits per heavy atom. The second-order valence-corrected chi connectivity index (χ2v) is 8.78. The smallest absolute Gasteiger partial charge is 0.447 e. The number of allylic oxidation sites excluding steroid dienone is 1. The Labute approximate surface area is 183 Å². The van der Waals surface area contributed by atoms with Gasteiger partial charge in [-0.1, -0.05) is 57.2 Å². The van der Waals surface area contributed by atoms with E-state index in [2.05, 4.69) is 5.32 Å². The van der Waals surface area contributed by atoms with Crippen molar-refractivity contribution >= 4 is 19.1 Å². The summed E-state index contributed by atoms with van der Waals surface area (Å²) in [6, 6.07) is 10.8. The van der Waals surface area contributed by atoms with Crippen LogP contribution in [0.15, 0.2) is 42.0 Å². The van der Waals surface area contributed by atoms with E-state index in [0.717, 1.165) is 12.0 Å². The molecule has 0 bridgehead atoms. The van der Waals surface area contributed by atoms with Crippen LogP contribution in [0.3, 0.4) is 0 Å². The largest absolute Gasteiger partial charge is 0.475 e. The van der Waals surface area contributed by atoms with Crippen molar-refractivity contribution in [2.75, 3.05) is 13.2 Å². The Balaban J connectivity index is 1.94. The van der Waals surface area contributed by atoms with Crippen LogP contribution in [-0.2, 0) is 16.0 Å². The molecular formula is C22H30BN3O5. The number of nitriles is 1. The number of benzene rings is 1. The molecule has 1 unspecified atom stereocenters. The number of rotatable bonds is 7. The number of carbonyl (C=O) groups excluding carboxylic acids is 2. The lowest BCUT2D eigenvalue weighted by Crippen LogP contribution is -2.49. The van der Waals surface area contributed by atoms with Gasteiger partial charge in [-0.05, 0) is 30.2 Å². The van der Waals surface area contributed by atoms with Gasteiger partial charge in [0.2, 0.25) is 0 Å². The zero-order chi connectivity index (χ0) is 23.0. The van der Waals surface area contributed by atoms with E-state index < -0.39 is 19.2 Å². The van der Waals surface area contributed by atoms with Gasteiger partial charge in [-0.25, -0.2) is 4.79 Å². The summed E-state index contributed by atoms with van der Waals surface area (Å²) in [5.41, 5.74) is 0.601. The number of nitrogens with one attached hydrogen (secondary N) is 1. The van der Waals surface area contributed by atoms with Crippen LogP contribution in [0.2, 0.25) is 0 Å². The lowest BCUT2D eigenvalue weighted by atomic mass is 9.76. The molecule has 166 valence electrons. The van der Waals surface area contributed by atoms with Gasteiger partial charge < -0.3 is 25.0 Å². The molecule has 1 aliphatic rings. The maximum absolute atomic E-state index is 12.8. The highest BCUT2D eigenvalue weighted by molar-refractivity contribution is 6.43. The maximum atomic E-state index is 12.8. The summed E-state index contributed by atoms with van der Waals surface area (Å²) in [5.74, 6) is -1.30. The Bertz CT molecular complexity index is 830. The first-order valence-corrected chi connectivity index (χ1v) is 10.4. The number of alkyl carbamates (subject to hydrolysis) is 1. The molecule has 3 N–H and O–H groups in total. The Morgan fingerprint density at radius 2 is 2.03 bits per heavy atom. The Morgan fingerprint density at radius 3 is 2.61 bits per heavy atom. The highest BCUT2D eigenvalue weighted by Crippen LogP contribution is 2.23. The van der Waals surface area contributed by atoms with Gasteiger partial charge in [0.1, 0.15) is 18.2 Å². The second kappa shape index (κ2) is 11.0. The molecule has 2 atom stereocenters. The van der Waals surface area contributed by atoms with Crippen molar-refractivity contribution in [2.24, 2.45) is 5.41 Å². The monoisotopic (exact) mass is 427 g/mol. The van der Waals surface area contributed by atoms with E-state index in [0.29, 0.717) is 13.0 Å². The molecule has 9 heteroatoms. The molecule has 0 aliphatic carbocycles. The molecule has 1 aliphatic heterocycles. The summed E-state index contributed by atoms with van der Waals surface area (Å²) in [6.45, 7) is 6.19. The van der Waals surface area contributed by atoms with E-state index in [1.807, 2.05) is 57.2 Å². The summed E-state index contributed by atoms with van der Waals surface area (Å²) >= 11 is 0. The second-order valence-electron chi connectivity index (χ2n) is 8.78. The van der Waals surface area contributed by atoms with Crippen molar-refractivity contribution in [3.63, 3.8) is 0 Å². The van der Waals surface area contributed by atoms with Gasteiger partial charge in [0.15, 0.2) is 0 Å². The highest BCUT2D eigenvalue weighted by Gasteiger charge is 2.33. The number of carbonyl (C=O) groups is 2. The number of nitrogens with zero attached hydrogens (tertiary/aromatic N) is 2. The fraction of sp³-hybridized carbons (Fsp3) is 0.500. The van der Waals surface area contributed by atoms with Crippen molar-refractivity contribution < 1.29 is 24.4 Å². The average molecular weight is 427 g/mol. The highest BCUT2D eigenvalue weighted by atomic mass is 16.5. The molecule has 1 aromatic rings. The average Bonchev–Trinajstić information content (AvgIpc) is 3.18. The van der Waals surface area contributed by atoms with E-state index in [9.17, 15) is 24.9 Å². The molecule has 0 saturated carbocycles. The van der Waals surface area contributed by atoms with Gasteiger partial charge in [0.25, 0.3) is 5.91 Å². The van der Waals surface area contributed by atoms with E-state index in [-0.39, 0.29) is 36.0 Å². The van der Waals surface area contributed by atoms with Crippen molar-refractivity contribution in [1.82, 2.24) is 10.2 Å². The molecule has 0 radical (unpaired) electrons. The van der Waals surface area contributed by atoms with Crippen LogP contribution < -0.4 is 5.32 Å². The molecule has 2 rings (SSSR count). The van der Waals surface area contributed by atoms with E-state index >= 15 is 0 Å². The number of hydrogen-bond acceptors (Lipinski definition) is 6. The minimum absolute atomic E-state index is 0.0363. The zero-order valence-electron chi connectivity index (χ0n) is 18.2. The predicted molar refractivity (Wildman–Crippen MR) is 116 cm³/mol. The zero-order valence-corrected chi connectivity index (χ0v) is 18.2. The maximum Gasteiger partial charge on any atom is 0.475 e. The van der Waals surface area contributed by atoms with E-state index in [1.165, 1.54) is 0 Å². The molecular weight excluding hydrogens is 397 g/mol. The van der Waals surface area contributed by atoms with E-state index in [1.54, 1.807) is 11.0 Å². The lowest BCUT2D eigenvalue weighted by molar-refractivity contribution is -0.128. The first-order chi connectivity index (χ1) is 14.6. The summed E-state index contributed by atoms with van der Waals surface area (Å²) < 4.78 is 5.27. The first-order valence-electron chi connectivity index (χ1n) is 10.4. The van der Waals surface area contributed by atoms with Crippen LogP contribution >= 0.6 is 0 Å². The van der Waals surface area contributed by atoms with Crippen molar-refractivity contribution in [3.8, 4) is 6.07 Å². The number of likely N-dealkylation sites (tertiary alicyclic amines) is 1. The normalized spacial score (nSPS) is 17.6.